The second kappa shape index (κ2) is 9.09. The highest BCUT2D eigenvalue weighted by Crippen LogP contribution is 2.15. The summed E-state index contributed by atoms with van der Waals surface area (Å²) in [6, 6.07) is 0. The van der Waals surface area contributed by atoms with Gasteiger partial charge in [-0.25, -0.2) is 0 Å². The van der Waals surface area contributed by atoms with Crippen LogP contribution in [-0.4, -0.2) is 0 Å². The average molecular weight is 168 g/mol. The van der Waals surface area contributed by atoms with E-state index in [1.807, 2.05) is 0 Å². The summed E-state index contributed by atoms with van der Waals surface area (Å²) in [6.07, 6.45) is 10.4. The summed E-state index contributed by atoms with van der Waals surface area (Å²) < 4.78 is 0. The summed E-state index contributed by atoms with van der Waals surface area (Å²) >= 11 is 0. The van der Waals surface area contributed by atoms with Gasteiger partial charge in [-0.1, -0.05) is 72.1 Å². The second-order valence-corrected chi connectivity index (χ2v) is 3.80. The number of hydrogen-bond acceptors (Lipinski definition) is 0. The topological polar surface area (TPSA) is 0 Å². The van der Waals surface area contributed by atoms with Gasteiger partial charge >= 0.3 is 0 Å². The Kier molecular flexibility index (Phi) is 9.09. The van der Waals surface area contributed by atoms with Crippen molar-refractivity contribution in [3.63, 3.8) is 0 Å². The van der Waals surface area contributed by atoms with Crippen molar-refractivity contribution in [1.82, 2.24) is 0 Å². The lowest BCUT2D eigenvalue weighted by Gasteiger charge is -2.08. The molecule has 1 atom stereocenters. The average Bonchev–Trinajstić information content (AvgIpc) is 2.05. The number of rotatable bonds is 8. The predicted octanol–water partition coefficient (Wildman–Crippen LogP) is 4.41. The van der Waals surface area contributed by atoms with Gasteiger partial charge in [0.25, 0.3) is 0 Å². The van der Waals surface area contributed by atoms with Gasteiger partial charge < -0.3 is 0 Å². The van der Waals surface area contributed by atoms with Gasteiger partial charge in [-0.2, -0.15) is 0 Å². The van der Waals surface area contributed by atoms with Gasteiger partial charge in [0.1, 0.15) is 0 Å². The Balaban J connectivity index is 2.97. The van der Waals surface area contributed by atoms with Crippen LogP contribution < -0.4 is 0 Å². The summed E-state index contributed by atoms with van der Waals surface area (Å²) in [4.78, 5) is 0. The zero-order chi connectivity index (χ0) is 9.23. The van der Waals surface area contributed by atoms with Crippen molar-refractivity contribution in [2.24, 2.45) is 5.92 Å². The lowest BCUT2D eigenvalue weighted by Crippen LogP contribution is -1.93. The SMILES string of the molecule is [CH2]CCCCCCC(C)CC[CH2]. The first-order valence-corrected chi connectivity index (χ1v) is 5.39. The molecule has 0 aliphatic carbocycles. The molecule has 12 heavy (non-hydrogen) atoms. The summed E-state index contributed by atoms with van der Waals surface area (Å²) in [6.45, 7) is 10.1. The van der Waals surface area contributed by atoms with E-state index in [0.717, 1.165) is 18.8 Å². The highest BCUT2D eigenvalue weighted by atomic mass is 14.0. The van der Waals surface area contributed by atoms with Gasteiger partial charge in [0.2, 0.25) is 0 Å². The lowest BCUT2D eigenvalue weighted by atomic mass is 9.98. The molecule has 0 aromatic rings. The smallest absolute Gasteiger partial charge is 0.0443 e. The fourth-order valence-electron chi connectivity index (χ4n) is 1.52. The molecular formula is C12H24. The molecule has 0 saturated heterocycles. The number of hydrogen-bond donors (Lipinski definition) is 0. The maximum absolute atomic E-state index is 3.88. The molecule has 0 bridgehead atoms. The predicted molar refractivity (Wildman–Crippen MR) is 56.8 cm³/mol. The first-order chi connectivity index (χ1) is 5.81. The fraction of sp³-hybridized carbons (Fsp3) is 0.833. The van der Waals surface area contributed by atoms with Crippen LogP contribution in [-0.2, 0) is 0 Å². The van der Waals surface area contributed by atoms with E-state index in [0.29, 0.717) is 0 Å². The Morgan fingerprint density at radius 1 is 0.833 bits per heavy atom. The van der Waals surface area contributed by atoms with Crippen molar-refractivity contribution in [3.8, 4) is 0 Å². The third kappa shape index (κ3) is 8.10. The van der Waals surface area contributed by atoms with E-state index in [9.17, 15) is 0 Å². The molecule has 0 N–H and O–H groups in total. The molecule has 0 aromatic carbocycles. The van der Waals surface area contributed by atoms with Gasteiger partial charge in [0, 0.05) is 0 Å². The molecule has 0 fully saturated rings. The van der Waals surface area contributed by atoms with E-state index in [1.165, 1.54) is 38.5 Å². The van der Waals surface area contributed by atoms with Crippen LogP contribution in [0.3, 0.4) is 0 Å². The standard InChI is InChI=1S/C12H24/c1-4-6-7-8-9-11-12(3)10-5-2/h12H,1-2,4-11H2,3H3. The Morgan fingerprint density at radius 2 is 1.50 bits per heavy atom. The molecule has 0 amide bonds. The zero-order valence-corrected chi connectivity index (χ0v) is 8.65. The monoisotopic (exact) mass is 168 g/mol. The van der Waals surface area contributed by atoms with Crippen molar-refractivity contribution >= 4 is 0 Å². The van der Waals surface area contributed by atoms with Crippen molar-refractivity contribution in [1.29, 1.82) is 0 Å². The summed E-state index contributed by atoms with van der Waals surface area (Å²) in [5.74, 6) is 0.891. The van der Waals surface area contributed by atoms with E-state index in [-0.39, 0.29) is 0 Å². The molecule has 0 rings (SSSR count). The molecule has 72 valence electrons. The Bertz CT molecular complexity index is 76.1. The number of unbranched alkanes of at least 4 members (excludes halogenated alkanes) is 4. The molecule has 0 spiro atoms. The van der Waals surface area contributed by atoms with Crippen LogP contribution in [0.2, 0.25) is 0 Å². The van der Waals surface area contributed by atoms with E-state index in [1.54, 1.807) is 0 Å². The van der Waals surface area contributed by atoms with Crippen LogP contribution in [0.4, 0.5) is 0 Å². The largest absolute Gasteiger partial charge is 0.0625 e. The molecule has 0 aliphatic rings. The van der Waals surface area contributed by atoms with Crippen molar-refractivity contribution < 1.29 is 0 Å². The third-order valence-corrected chi connectivity index (χ3v) is 2.39. The van der Waals surface area contributed by atoms with Crippen molar-refractivity contribution in [3.05, 3.63) is 13.8 Å². The Hall–Kier alpha value is 0. The summed E-state index contributed by atoms with van der Waals surface area (Å²) in [7, 11) is 0. The van der Waals surface area contributed by atoms with E-state index >= 15 is 0 Å². The van der Waals surface area contributed by atoms with Crippen LogP contribution in [0, 0.1) is 19.8 Å². The molecule has 0 aromatic heterocycles. The van der Waals surface area contributed by atoms with Gasteiger partial charge in [0.15, 0.2) is 0 Å². The minimum Gasteiger partial charge on any atom is -0.0625 e. The van der Waals surface area contributed by atoms with E-state index < -0.39 is 0 Å². The molecule has 0 heterocycles. The molecule has 0 saturated carbocycles. The molecule has 0 nitrogen and oxygen atoms in total. The molecule has 0 aliphatic heterocycles. The highest BCUT2D eigenvalue weighted by molar-refractivity contribution is 4.55. The normalized spacial score (nSPS) is 13.2. The zero-order valence-electron chi connectivity index (χ0n) is 8.65. The van der Waals surface area contributed by atoms with Crippen molar-refractivity contribution in [2.75, 3.05) is 0 Å². The van der Waals surface area contributed by atoms with Crippen LogP contribution in [0.5, 0.6) is 0 Å². The summed E-state index contributed by atoms with van der Waals surface area (Å²) in [5.41, 5.74) is 0. The fourth-order valence-corrected chi connectivity index (χ4v) is 1.52. The van der Waals surface area contributed by atoms with Gasteiger partial charge in [-0.15, -0.1) is 0 Å². The Labute approximate surface area is 78.8 Å². The Morgan fingerprint density at radius 3 is 2.08 bits per heavy atom. The van der Waals surface area contributed by atoms with Gasteiger partial charge in [-0.05, 0) is 5.92 Å². The lowest BCUT2D eigenvalue weighted by molar-refractivity contribution is 0.461. The molecular weight excluding hydrogens is 144 g/mol. The van der Waals surface area contributed by atoms with Crippen LogP contribution in [0.1, 0.15) is 58.3 Å². The van der Waals surface area contributed by atoms with Crippen LogP contribution in [0.25, 0.3) is 0 Å². The van der Waals surface area contributed by atoms with E-state index in [4.69, 9.17) is 0 Å². The first-order valence-electron chi connectivity index (χ1n) is 5.39. The third-order valence-electron chi connectivity index (χ3n) is 2.39. The van der Waals surface area contributed by atoms with Gasteiger partial charge in [-0.3, -0.25) is 0 Å². The highest BCUT2D eigenvalue weighted by Gasteiger charge is 1.99. The van der Waals surface area contributed by atoms with E-state index in [2.05, 4.69) is 20.8 Å². The maximum atomic E-state index is 3.88. The molecule has 2 radical (unpaired) electrons. The molecule has 1 unspecified atom stereocenters. The minimum absolute atomic E-state index is 0.891. The first kappa shape index (κ1) is 12.0. The molecule has 0 heteroatoms. The van der Waals surface area contributed by atoms with Gasteiger partial charge in [0.05, 0.1) is 0 Å². The van der Waals surface area contributed by atoms with Crippen molar-refractivity contribution in [2.45, 2.75) is 58.3 Å². The quantitative estimate of drug-likeness (QED) is 0.471. The van der Waals surface area contributed by atoms with Crippen LogP contribution >= 0.6 is 0 Å². The van der Waals surface area contributed by atoms with Crippen LogP contribution in [0.15, 0.2) is 0 Å². The second-order valence-electron chi connectivity index (χ2n) is 3.80. The summed E-state index contributed by atoms with van der Waals surface area (Å²) in [5, 5.41) is 0. The maximum Gasteiger partial charge on any atom is -0.0443 e. The minimum atomic E-state index is 0.891.